The minimum Gasteiger partial charge on any atom is -0.507 e. The lowest BCUT2D eigenvalue weighted by Gasteiger charge is -2.25. The van der Waals surface area contributed by atoms with Gasteiger partial charge in [-0.15, -0.1) is 0 Å². The molecule has 1 aromatic heterocycles. The van der Waals surface area contributed by atoms with Crippen molar-refractivity contribution in [3.8, 4) is 11.5 Å². The smallest absolute Gasteiger partial charge is 0.295 e. The summed E-state index contributed by atoms with van der Waals surface area (Å²) in [5.74, 6) is -0.737. The second kappa shape index (κ2) is 8.60. The Balaban J connectivity index is 1.64. The largest absolute Gasteiger partial charge is 0.507 e. The zero-order valence-electron chi connectivity index (χ0n) is 17.4. The van der Waals surface area contributed by atoms with Crippen molar-refractivity contribution in [3.05, 3.63) is 94.3 Å². The van der Waals surface area contributed by atoms with Crippen molar-refractivity contribution in [2.75, 3.05) is 13.2 Å². The van der Waals surface area contributed by atoms with Gasteiger partial charge in [0.25, 0.3) is 11.7 Å². The van der Waals surface area contributed by atoms with Crippen LogP contribution in [0.4, 0.5) is 0 Å². The molecule has 166 valence electrons. The van der Waals surface area contributed by atoms with Crippen molar-refractivity contribution in [3.63, 3.8) is 0 Å². The number of pyridine rings is 1. The van der Waals surface area contributed by atoms with Crippen LogP contribution in [0.3, 0.4) is 0 Å². The number of halogens is 1. The van der Waals surface area contributed by atoms with Crippen LogP contribution in [0.15, 0.2) is 72.6 Å². The predicted octanol–water partition coefficient (Wildman–Crippen LogP) is 4.13. The molecular weight excluding hydrogens is 444 g/mol. The topological polar surface area (TPSA) is 89.0 Å². The summed E-state index contributed by atoms with van der Waals surface area (Å²) in [7, 11) is 0. The molecule has 3 aromatic rings. The molecule has 8 heteroatoms. The zero-order chi connectivity index (χ0) is 22.9. The highest BCUT2D eigenvalue weighted by Crippen LogP contribution is 2.42. The highest BCUT2D eigenvalue weighted by Gasteiger charge is 2.46. The fourth-order valence-electron chi connectivity index (χ4n) is 4.10. The number of aromatic nitrogens is 1. The van der Waals surface area contributed by atoms with Gasteiger partial charge in [0, 0.05) is 29.5 Å². The quantitative estimate of drug-likeness (QED) is 0.356. The Kier molecular flexibility index (Phi) is 5.48. The molecule has 33 heavy (non-hydrogen) atoms. The van der Waals surface area contributed by atoms with Gasteiger partial charge in [-0.25, -0.2) is 0 Å². The van der Waals surface area contributed by atoms with Gasteiger partial charge in [0.1, 0.15) is 19.0 Å². The SMILES string of the molecule is O=C1C(=O)N(Cc2cccnc2)[C@H](c2cccc(Cl)c2)C1=C(O)c1ccc2c(c1)OCCO2. The molecule has 2 aliphatic heterocycles. The Morgan fingerprint density at radius 2 is 1.88 bits per heavy atom. The van der Waals surface area contributed by atoms with E-state index in [1.807, 2.05) is 6.07 Å². The number of likely N-dealkylation sites (tertiary alicyclic amines) is 1. The average Bonchev–Trinajstić information content (AvgIpc) is 3.09. The van der Waals surface area contributed by atoms with Gasteiger partial charge in [-0.05, 0) is 47.5 Å². The number of amides is 1. The van der Waals surface area contributed by atoms with Crippen LogP contribution in [-0.4, -0.2) is 39.9 Å². The lowest BCUT2D eigenvalue weighted by molar-refractivity contribution is -0.140. The Hall–Kier alpha value is -3.84. The second-order valence-electron chi connectivity index (χ2n) is 7.70. The van der Waals surface area contributed by atoms with Gasteiger partial charge in [0.05, 0.1) is 11.6 Å². The van der Waals surface area contributed by atoms with Crippen LogP contribution in [0.5, 0.6) is 11.5 Å². The van der Waals surface area contributed by atoms with Gasteiger partial charge in [0.15, 0.2) is 11.5 Å². The van der Waals surface area contributed by atoms with E-state index in [-0.39, 0.29) is 17.9 Å². The summed E-state index contributed by atoms with van der Waals surface area (Å²) in [5, 5.41) is 11.7. The van der Waals surface area contributed by atoms with Crippen molar-refractivity contribution in [1.29, 1.82) is 0 Å². The maximum Gasteiger partial charge on any atom is 0.295 e. The summed E-state index contributed by atoms with van der Waals surface area (Å²) in [6.07, 6.45) is 3.27. The first kappa shape index (κ1) is 21.0. The first-order chi connectivity index (χ1) is 16.0. The molecule has 3 heterocycles. The summed E-state index contributed by atoms with van der Waals surface area (Å²) in [5.41, 5.74) is 1.71. The number of carbonyl (C=O) groups excluding carboxylic acids is 2. The van der Waals surface area contributed by atoms with Crippen molar-refractivity contribution < 1.29 is 24.2 Å². The molecule has 1 atom stereocenters. The maximum absolute atomic E-state index is 13.2. The van der Waals surface area contributed by atoms with Gasteiger partial charge in [-0.2, -0.15) is 0 Å². The van der Waals surface area contributed by atoms with Gasteiger partial charge in [-0.3, -0.25) is 14.6 Å². The Bertz CT molecular complexity index is 1270. The standard InChI is InChI=1S/C25H19ClN2O5/c26-18-5-1-4-16(11-18)22-21(23(29)17-6-7-19-20(12-17)33-10-9-32-19)24(30)25(31)28(22)14-15-3-2-8-27-13-15/h1-8,11-13,22,29H,9-10,14H2/t22-/m1/s1. The van der Waals surface area contributed by atoms with Crippen LogP contribution < -0.4 is 9.47 Å². The van der Waals surface area contributed by atoms with Gasteiger partial charge in [-0.1, -0.05) is 29.8 Å². The first-order valence-electron chi connectivity index (χ1n) is 10.4. The molecule has 0 aliphatic carbocycles. The molecule has 7 nitrogen and oxygen atoms in total. The normalized spacial score (nSPS) is 19.1. The van der Waals surface area contributed by atoms with Crippen LogP contribution >= 0.6 is 11.6 Å². The fourth-order valence-corrected chi connectivity index (χ4v) is 4.30. The molecule has 1 N–H and O–H groups in total. The summed E-state index contributed by atoms with van der Waals surface area (Å²) in [6, 6.07) is 14.6. The Morgan fingerprint density at radius 3 is 2.64 bits per heavy atom. The van der Waals surface area contributed by atoms with Crippen LogP contribution in [-0.2, 0) is 16.1 Å². The number of aliphatic hydroxyl groups excluding tert-OH is 1. The number of hydrogen-bond acceptors (Lipinski definition) is 6. The number of ether oxygens (including phenoxy) is 2. The second-order valence-corrected chi connectivity index (χ2v) is 8.14. The minimum absolute atomic E-state index is 0.0113. The van der Waals surface area contributed by atoms with E-state index < -0.39 is 17.7 Å². The average molecular weight is 463 g/mol. The van der Waals surface area contributed by atoms with E-state index in [2.05, 4.69) is 4.98 Å². The number of nitrogens with zero attached hydrogens (tertiary/aromatic N) is 2. The predicted molar refractivity (Wildman–Crippen MR) is 121 cm³/mol. The van der Waals surface area contributed by atoms with E-state index >= 15 is 0 Å². The number of carbonyl (C=O) groups is 2. The molecule has 1 fully saturated rings. The van der Waals surface area contributed by atoms with E-state index in [9.17, 15) is 14.7 Å². The summed E-state index contributed by atoms with van der Waals surface area (Å²) in [6.45, 7) is 0.968. The third-order valence-corrected chi connectivity index (χ3v) is 5.83. The lowest BCUT2D eigenvalue weighted by Crippen LogP contribution is -2.29. The zero-order valence-corrected chi connectivity index (χ0v) is 18.2. The van der Waals surface area contributed by atoms with Crippen LogP contribution in [0.2, 0.25) is 5.02 Å². The first-order valence-corrected chi connectivity index (χ1v) is 10.7. The third kappa shape index (κ3) is 3.91. The molecule has 0 radical (unpaired) electrons. The summed E-state index contributed by atoms with van der Waals surface area (Å²) in [4.78, 5) is 31.8. The lowest BCUT2D eigenvalue weighted by atomic mass is 9.95. The van der Waals surface area contributed by atoms with E-state index in [4.69, 9.17) is 21.1 Å². The highest BCUT2D eigenvalue weighted by molar-refractivity contribution is 6.46. The van der Waals surface area contributed by atoms with E-state index in [1.165, 1.54) is 4.90 Å². The Morgan fingerprint density at radius 1 is 1.06 bits per heavy atom. The van der Waals surface area contributed by atoms with Crippen molar-refractivity contribution in [2.45, 2.75) is 12.6 Å². The van der Waals surface area contributed by atoms with E-state index in [0.29, 0.717) is 40.9 Å². The number of fused-ring (bicyclic) bond motifs is 1. The molecule has 0 saturated carbocycles. The molecule has 5 rings (SSSR count). The summed E-state index contributed by atoms with van der Waals surface area (Å²) < 4.78 is 11.1. The monoisotopic (exact) mass is 462 g/mol. The number of hydrogen-bond donors (Lipinski definition) is 1. The van der Waals surface area contributed by atoms with Gasteiger partial charge in [0.2, 0.25) is 0 Å². The molecule has 2 aliphatic rings. The molecule has 1 amide bonds. The fraction of sp³-hybridized carbons (Fsp3) is 0.160. The molecular formula is C25H19ClN2O5. The van der Waals surface area contributed by atoms with Crippen LogP contribution in [0, 0.1) is 0 Å². The molecule has 2 aromatic carbocycles. The van der Waals surface area contributed by atoms with Crippen LogP contribution in [0.1, 0.15) is 22.7 Å². The van der Waals surface area contributed by atoms with Gasteiger partial charge < -0.3 is 19.5 Å². The number of aliphatic hydroxyl groups is 1. The van der Waals surface area contributed by atoms with Crippen molar-refractivity contribution in [2.24, 2.45) is 0 Å². The number of rotatable bonds is 4. The van der Waals surface area contributed by atoms with Crippen LogP contribution in [0.25, 0.3) is 5.76 Å². The number of Topliss-reactive ketones (excluding diaryl/α,β-unsaturated/α-hetero) is 1. The Labute approximate surface area is 194 Å². The maximum atomic E-state index is 13.2. The molecule has 1 saturated heterocycles. The number of ketones is 1. The molecule has 0 spiro atoms. The highest BCUT2D eigenvalue weighted by atomic mass is 35.5. The van der Waals surface area contributed by atoms with Gasteiger partial charge >= 0.3 is 0 Å². The van der Waals surface area contributed by atoms with E-state index in [1.54, 1.807) is 60.9 Å². The molecule has 0 unspecified atom stereocenters. The summed E-state index contributed by atoms with van der Waals surface area (Å²) >= 11 is 6.22. The van der Waals surface area contributed by atoms with Crippen molar-refractivity contribution in [1.82, 2.24) is 9.88 Å². The number of benzene rings is 2. The van der Waals surface area contributed by atoms with E-state index in [0.717, 1.165) is 5.56 Å². The minimum atomic E-state index is -0.822. The van der Waals surface area contributed by atoms with Crippen molar-refractivity contribution >= 4 is 29.1 Å². The third-order valence-electron chi connectivity index (χ3n) is 5.60. The molecule has 0 bridgehead atoms.